The number of aliphatic carboxylic acids is 1. The summed E-state index contributed by atoms with van der Waals surface area (Å²) in [5, 5.41) is 16.1. The van der Waals surface area contributed by atoms with Gasteiger partial charge >= 0.3 is 11.9 Å². The minimum atomic E-state index is -1.10. The van der Waals surface area contributed by atoms with Crippen LogP contribution in [0.2, 0.25) is 0 Å². The molecule has 0 aliphatic heterocycles. The van der Waals surface area contributed by atoms with Gasteiger partial charge in [0.1, 0.15) is 16.7 Å². The summed E-state index contributed by atoms with van der Waals surface area (Å²) in [6, 6.07) is 0.431. The van der Waals surface area contributed by atoms with E-state index in [9.17, 15) is 14.4 Å². The number of carboxylic acids is 1. The Kier molecular flexibility index (Phi) is 5.58. The van der Waals surface area contributed by atoms with Gasteiger partial charge in [-0.25, -0.2) is 14.3 Å². The molecule has 0 aliphatic rings. The Hall–Kier alpha value is -2.68. The van der Waals surface area contributed by atoms with E-state index in [1.54, 1.807) is 0 Å². The Morgan fingerprint density at radius 3 is 2.68 bits per heavy atom. The summed E-state index contributed by atoms with van der Waals surface area (Å²) in [5.41, 5.74) is 1.24. The molecular formula is C16H19N3O5S. The lowest BCUT2D eigenvalue weighted by Gasteiger charge is -2.11. The highest BCUT2D eigenvalue weighted by atomic mass is 32.1. The second-order valence-corrected chi connectivity index (χ2v) is 6.54. The van der Waals surface area contributed by atoms with Crippen molar-refractivity contribution in [3.8, 4) is 0 Å². The fourth-order valence-corrected chi connectivity index (χ4v) is 3.61. The first-order valence-corrected chi connectivity index (χ1v) is 8.41. The number of carbonyl (C=O) groups excluding carboxylic acids is 2. The molecule has 0 spiro atoms. The largest absolute Gasteiger partial charge is 0.480 e. The number of carbonyl (C=O) groups is 3. The fourth-order valence-electron chi connectivity index (χ4n) is 2.48. The molecule has 0 fully saturated rings. The predicted octanol–water partition coefficient (Wildman–Crippen LogP) is 2.50. The van der Waals surface area contributed by atoms with Gasteiger partial charge in [0.05, 0.1) is 12.7 Å². The molecule has 0 aromatic carbocycles. The minimum absolute atomic E-state index is 0.0924. The smallest absolute Gasteiger partial charge is 0.341 e. The molecule has 0 radical (unpaired) electrons. The molecule has 2 N–H and O–H groups in total. The van der Waals surface area contributed by atoms with E-state index in [2.05, 4.69) is 10.4 Å². The highest BCUT2D eigenvalue weighted by molar-refractivity contribution is 7.16. The van der Waals surface area contributed by atoms with Crippen molar-refractivity contribution >= 4 is 34.2 Å². The third-order valence-corrected chi connectivity index (χ3v) is 4.87. The normalized spacial score (nSPS) is 11.8. The number of hydrogen-bond donors (Lipinski definition) is 2. The first-order chi connectivity index (χ1) is 11.8. The van der Waals surface area contributed by atoms with E-state index in [4.69, 9.17) is 9.84 Å². The minimum Gasteiger partial charge on any atom is -0.480 e. The number of aromatic nitrogens is 2. The molecule has 2 aromatic heterocycles. The van der Waals surface area contributed by atoms with Gasteiger partial charge in [-0.15, -0.1) is 11.3 Å². The van der Waals surface area contributed by atoms with Gasteiger partial charge in [-0.3, -0.25) is 4.79 Å². The molecule has 0 saturated carbocycles. The molecule has 25 heavy (non-hydrogen) atoms. The first-order valence-electron chi connectivity index (χ1n) is 7.60. The highest BCUT2D eigenvalue weighted by Crippen LogP contribution is 2.34. The average molecular weight is 365 g/mol. The first kappa shape index (κ1) is 18.7. The number of amides is 1. The van der Waals surface area contributed by atoms with Gasteiger partial charge in [0.25, 0.3) is 5.91 Å². The lowest BCUT2D eigenvalue weighted by atomic mass is 10.1. The quantitative estimate of drug-likeness (QED) is 0.761. The van der Waals surface area contributed by atoms with Crippen LogP contribution in [0.5, 0.6) is 0 Å². The lowest BCUT2D eigenvalue weighted by Crippen LogP contribution is -2.24. The monoisotopic (exact) mass is 365 g/mol. The molecule has 134 valence electrons. The van der Waals surface area contributed by atoms with E-state index in [1.807, 2.05) is 13.8 Å². The van der Waals surface area contributed by atoms with Crippen LogP contribution in [-0.2, 0) is 16.0 Å². The molecular weight excluding hydrogens is 346 g/mol. The van der Waals surface area contributed by atoms with E-state index >= 15 is 0 Å². The summed E-state index contributed by atoms with van der Waals surface area (Å²) in [6.45, 7) is 5.20. The van der Waals surface area contributed by atoms with E-state index in [0.717, 1.165) is 15.1 Å². The van der Waals surface area contributed by atoms with Crippen LogP contribution in [0.15, 0.2) is 12.3 Å². The van der Waals surface area contributed by atoms with E-state index in [-0.39, 0.29) is 5.69 Å². The maximum atomic E-state index is 12.6. The standard InChI is InChI=1S/C16H19N3O5S/c1-5-10-9(3)25-14(12(10)16(23)24-4)18-13(20)11-6-7-17-19(11)8(2)15(21)22/h6-8H,5H2,1-4H3,(H,18,20)(H,21,22). The summed E-state index contributed by atoms with van der Waals surface area (Å²) >= 11 is 1.28. The van der Waals surface area contributed by atoms with Crippen LogP contribution in [0.25, 0.3) is 0 Å². The van der Waals surface area contributed by atoms with E-state index in [1.165, 1.54) is 37.6 Å². The molecule has 8 nitrogen and oxygen atoms in total. The Labute approximate surface area is 148 Å². The van der Waals surface area contributed by atoms with Crippen molar-refractivity contribution in [3.63, 3.8) is 0 Å². The Bertz CT molecular complexity index is 824. The van der Waals surface area contributed by atoms with Crippen LogP contribution >= 0.6 is 11.3 Å². The van der Waals surface area contributed by atoms with Crippen molar-refractivity contribution in [3.05, 3.63) is 34.0 Å². The molecule has 1 amide bonds. The third kappa shape index (κ3) is 3.55. The number of rotatable bonds is 6. The number of hydrogen-bond acceptors (Lipinski definition) is 6. The summed E-state index contributed by atoms with van der Waals surface area (Å²) in [5.74, 6) is -2.17. The van der Waals surface area contributed by atoms with Crippen molar-refractivity contribution in [1.82, 2.24) is 9.78 Å². The Balaban J connectivity index is 2.38. The summed E-state index contributed by atoms with van der Waals surface area (Å²) in [4.78, 5) is 36.7. The van der Waals surface area contributed by atoms with Crippen molar-refractivity contribution in [2.45, 2.75) is 33.2 Å². The van der Waals surface area contributed by atoms with Crippen LogP contribution in [-0.4, -0.2) is 39.8 Å². The number of methoxy groups -OCH3 is 1. The van der Waals surface area contributed by atoms with Crippen LogP contribution in [0.3, 0.4) is 0 Å². The van der Waals surface area contributed by atoms with Gasteiger partial charge in [0.2, 0.25) is 0 Å². The zero-order valence-electron chi connectivity index (χ0n) is 14.3. The maximum Gasteiger partial charge on any atom is 0.341 e. The zero-order chi connectivity index (χ0) is 18.7. The van der Waals surface area contributed by atoms with Crippen molar-refractivity contribution in [2.75, 3.05) is 12.4 Å². The number of nitrogens with zero attached hydrogens (tertiary/aromatic N) is 2. The predicted molar refractivity (Wildman–Crippen MR) is 92.3 cm³/mol. The number of anilines is 1. The van der Waals surface area contributed by atoms with Crippen LogP contribution in [0.4, 0.5) is 5.00 Å². The fraction of sp³-hybridized carbons (Fsp3) is 0.375. The lowest BCUT2D eigenvalue weighted by molar-refractivity contribution is -0.140. The van der Waals surface area contributed by atoms with Gasteiger partial charge < -0.3 is 15.2 Å². The van der Waals surface area contributed by atoms with Gasteiger partial charge in [-0.1, -0.05) is 6.92 Å². The SMILES string of the molecule is CCc1c(C)sc(NC(=O)c2ccnn2C(C)C(=O)O)c1C(=O)OC. The summed E-state index contributed by atoms with van der Waals surface area (Å²) < 4.78 is 5.94. The molecule has 0 aliphatic carbocycles. The van der Waals surface area contributed by atoms with Crippen molar-refractivity contribution < 1.29 is 24.2 Å². The summed E-state index contributed by atoms with van der Waals surface area (Å²) in [7, 11) is 1.28. The number of carboxylic acid groups (broad SMARTS) is 1. The molecule has 9 heteroatoms. The number of aryl methyl sites for hydroxylation is 1. The molecule has 0 bridgehead atoms. The van der Waals surface area contributed by atoms with E-state index in [0.29, 0.717) is 17.0 Å². The molecule has 0 saturated heterocycles. The van der Waals surface area contributed by atoms with Gasteiger partial charge in [-0.2, -0.15) is 5.10 Å². The van der Waals surface area contributed by atoms with E-state index < -0.39 is 23.9 Å². The van der Waals surface area contributed by atoms with Crippen LogP contribution in [0, 0.1) is 6.92 Å². The zero-order valence-corrected chi connectivity index (χ0v) is 15.1. The molecule has 2 rings (SSSR count). The third-order valence-electron chi connectivity index (χ3n) is 3.81. The average Bonchev–Trinajstić information content (AvgIpc) is 3.17. The van der Waals surface area contributed by atoms with Crippen LogP contribution < -0.4 is 5.32 Å². The van der Waals surface area contributed by atoms with Crippen LogP contribution in [0.1, 0.15) is 51.2 Å². The van der Waals surface area contributed by atoms with Gasteiger partial charge in [-0.05, 0) is 31.9 Å². The number of nitrogens with one attached hydrogen (secondary N) is 1. The molecule has 1 atom stereocenters. The number of esters is 1. The molecule has 1 unspecified atom stereocenters. The Morgan fingerprint density at radius 1 is 1.44 bits per heavy atom. The van der Waals surface area contributed by atoms with Gasteiger partial charge in [0.15, 0.2) is 0 Å². The highest BCUT2D eigenvalue weighted by Gasteiger charge is 2.26. The van der Waals surface area contributed by atoms with Crippen molar-refractivity contribution in [1.29, 1.82) is 0 Å². The molecule has 2 aromatic rings. The number of thiophene rings is 1. The number of ether oxygens (including phenoxy) is 1. The summed E-state index contributed by atoms with van der Waals surface area (Å²) in [6.07, 6.45) is 1.98. The topological polar surface area (TPSA) is 111 Å². The van der Waals surface area contributed by atoms with Crippen molar-refractivity contribution in [2.24, 2.45) is 0 Å². The second-order valence-electron chi connectivity index (χ2n) is 5.32. The second kappa shape index (κ2) is 7.47. The Morgan fingerprint density at radius 2 is 2.12 bits per heavy atom. The molecule has 2 heterocycles. The maximum absolute atomic E-state index is 12.6. The van der Waals surface area contributed by atoms with Gasteiger partial charge in [0, 0.05) is 11.1 Å².